The number of hydrogen-bond donors (Lipinski definition) is 2. The first-order chi connectivity index (χ1) is 10.5. The van der Waals surface area contributed by atoms with E-state index in [2.05, 4.69) is 5.32 Å². The molecule has 0 atom stereocenters. The van der Waals surface area contributed by atoms with Gasteiger partial charge in [-0.3, -0.25) is 4.79 Å². The van der Waals surface area contributed by atoms with Crippen LogP contribution in [0.15, 0.2) is 34.9 Å². The summed E-state index contributed by atoms with van der Waals surface area (Å²) in [5.41, 5.74) is 1.50. The van der Waals surface area contributed by atoms with Crippen LogP contribution in [0.25, 0.3) is 0 Å². The van der Waals surface area contributed by atoms with E-state index >= 15 is 0 Å². The zero-order chi connectivity index (χ0) is 16.1. The van der Waals surface area contributed by atoms with E-state index in [-0.39, 0.29) is 11.5 Å². The van der Waals surface area contributed by atoms with Crippen LogP contribution in [0.5, 0.6) is 5.75 Å². The second-order valence-electron chi connectivity index (χ2n) is 4.73. The van der Waals surface area contributed by atoms with Crippen molar-refractivity contribution in [3.05, 3.63) is 53.0 Å². The molecule has 1 aromatic heterocycles. The highest BCUT2D eigenvalue weighted by atomic mass is 16.5. The van der Waals surface area contributed by atoms with E-state index in [4.69, 9.17) is 14.3 Å². The number of rotatable bonds is 6. The monoisotopic (exact) mass is 303 g/mol. The predicted octanol–water partition coefficient (Wildman–Crippen LogP) is 2.27. The van der Waals surface area contributed by atoms with Crippen molar-refractivity contribution < 1.29 is 23.8 Å². The topological polar surface area (TPSA) is 88.8 Å². The highest BCUT2D eigenvalue weighted by Gasteiger charge is 2.12. The highest BCUT2D eigenvalue weighted by Crippen LogP contribution is 2.20. The summed E-state index contributed by atoms with van der Waals surface area (Å²) in [7, 11) is 1.48. The minimum absolute atomic E-state index is 0.165. The molecule has 0 radical (unpaired) electrons. The molecule has 0 unspecified atom stereocenters. The number of carboxylic acid groups (broad SMARTS) is 1. The summed E-state index contributed by atoms with van der Waals surface area (Å²) in [6.07, 6.45) is 2.00. The fourth-order valence-electron chi connectivity index (χ4n) is 2.11. The molecule has 0 aliphatic carbocycles. The number of aromatic carboxylic acids is 1. The van der Waals surface area contributed by atoms with E-state index in [1.165, 1.54) is 25.5 Å². The summed E-state index contributed by atoms with van der Waals surface area (Å²) in [5.74, 6) is -0.143. The average molecular weight is 303 g/mol. The number of nitrogens with one attached hydrogen (secondary N) is 1. The number of hydrogen-bond acceptors (Lipinski definition) is 4. The molecule has 2 rings (SSSR count). The Kier molecular flexibility index (Phi) is 4.83. The second-order valence-corrected chi connectivity index (χ2v) is 4.73. The quantitative estimate of drug-likeness (QED) is 0.854. The fraction of sp³-hybridized carbons (Fsp3) is 0.250. The Bertz CT molecular complexity index is 690. The maximum absolute atomic E-state index is 11.9. The number of methoxy groups -OCH3 is 1. The summed E-state index contributed by atoms with van der Waals surface area (Å²) in [6, 6.07) is 6.30. The molecule has 0 aliphatic heterocycles. The van der Waals surface area contributed by atoms with Gasteiger partial charge in [-0.2, -0.15) is 0 Å². The lowest BCUT2D eigenvalue weighted by Gasteiger charge is -2.10. The first-order valence-corrected chi connectivity index (χ1v) is 6.75. The zero-order valence-electron chi connectivity index (χ0n) is 12.4. The molecule has 0 fully saturated rings. The van der Waals surface area contributed by atoms with Crippen LogP contribution in [0.3, 0.4) is 0 Å². The second kappa shape index (κ2) is 6.80. The molecule has 6 heteroatoms. The van der Waals surface area contributed by atoms with Crippen molar-refractivity contribution >= 4 is 11.9 Å². The summed E-state index contributed by atoms with van der Waals surface area (Å²) in [4.78, 5) is 22.9. The van der Waals surface area contributed by atoms with Gasteiger partial charge in [-0.05, 0) is 37.1 Å². The van der Waals surface area contributed by atoms with Crippen LogP contribution in [0.2, 0.25) is 0 Å². The molecule has 0 bridgehead atoms. The number of ether oxygens (including phenoxy) is 1. The molecule has 0 saturated carbocycles. The average Bonchev–Trinajstić information content (AvgIpc) is 2.93. The summed E-state index contributed by atoms with van der Waals surface area (Å²) in [5, 5.41) is 11.7. The van der Waals surface area contributed by atoms with Gasteiger partial charge >= 0.3 is 5.97 Å². The standard InChI is InChI=1S/C16H17NO5/c1-10-13(6-8-22-10)15(18)17-7-5-11-3-4-12(16(19)20)9-14(11)21-2/h3-4,6,8-9H,5,7H2,1-2H3,(H,17,18)(H,19,20). The first-order valence-electron chi connectivity index (χ1n) is 6.75. The van der Waals surface area contributed by atoms with E-state index in [1.54, 1.807) is 19.1 Å². The van der Waals surface area contributed by atoms with Gasteiger partial charge in [-0.15, -0.1) is 0 Å². The normalized spacial score (nSPS) is 10.3. The van der Waals surface area contributed by atoms with Crippen molar-refractivity contribution in [3.8, 4) is 5.75 Å². The highest BCUT2D eigenvalue weighted by molar-refractivity contribution is 5.95. The lowest BCUT2D eigenvalue weighted by atomic mass is 10.1. The molecular formula is C16H17NO5. The molecule has 1 aromatic carbocycles. The van der Waals surface area contributed by atoms with E-state index in [1.807, 2.05) is 0 Å². The molecule has 1 amide bonds. The molecule has 0 spiro atoms. The number of benzene rings is 1. The number of amides is 1. The van der Waals surface area contributed by atoms with Crippen LogP contribution in [0, 0.1) is 6.92 Å². The van der Waals surface area contributed by atoms with Crippen molar-refractivity contribution in [3.63, 3.8) is 0 Å². The van der Waals surface area contributed by atoms with Crippen molar-refractivity contribution in [1.82, 2.24) is 5.32 Å². The largest absolute Gasteiger partial charge is 0.496 e. The van der Waals surface area contributed by atoms with Crippen molar-refractivity contribution in [2.24, 2.45) is 0 Å². The van der Waals surface area contributed by atoms with Gasteiger partial charge < -0.3 is 19.6 Å². The lowest BCUT2D eigenvalue weighted by Crippen LogP contribution is -2.26. The molecule has 2 aromatic rings. The zero-order valence-corrected chi connectivity index (χ0v) is 12.4. The number of carboxylic acids is 1. The van der Waals surface area contributed by atoms with Gasteiger partial charge in [0, 0.05) is 6.54 Å². The Balaban J connectivity index is 1.98. The molecule has 1 heterocycles. The van der Waals surface area contributed by atoms with E-state index < -0.39 is 5.97 Å². The van der Waals surface area contributed by atoms with Crippen LogP contribution in [0.1, 0.15) is 32.0 Å². The maximum atomic E-state index is 11.9. The number of carbonyl (C=O) groups excluding carboxylic acids is 1. The molecular weight excluding hydrogens is 286 g/mol. The van der Waals surface area contributed by atoms with Crippen LogP contribution in [0.4, 0.5) is 0 Å². The Labute approximate surface area is 127 Å². The van der Waals surface area contributed by atoms with Crippen LogP contribution < -0.4 is 10.1 Å². The molecule has 22 heavy (non-hydrogen) atoms. The van der Waals surface area contributed by atoms with Crippen molar-refractivity contribution in [2.75, 3.05) is 13.7 Å². The fourth-order valence-corrected chi connectivity index (χ4v) is 2.11. The van der Waals surface area contributed by atoms with Gasteiger partial charge in [0.25, 0.3) is 5.91 Å². The Morgan fingerprint density at radius 2 is 2.09 bits per heavy atom. The number of aryl methyl sites for hydroxylation is 1. The smallest absolute Gasteiger partial charge is 0.335 e. The van der Waals surface area contributed by atoms with Crippen LogP contribution in [-0.2, 0) is 6.42 Å². The molecule has 116 valence electrons. The number of carbonyl (C=O) groups is 2. The predicted molar refractivity (Wildman–Crippen MR) is 79.4 cm³/mol. The minimum atomic E-state index is -1.01. The van der Waals surface area contributed by atoms with Gasteiger partial charge in [-0.25, -0.2) is 4.79 Å². The van der Waals surface area contributed by atoms with Gasteiger partial charge in [-0.1, -0.05) is 6.07 Å². The third-order valence-electron chi connectivity index (χ3n) is 3.32. The minimum Gasteiger partial charge on any atom is -0.496 e. The van der Waals surface area contributed by atoms with Crippen molar-refractivity contribution in [2.45, 2.75) is 13.3 Å². The Hall–Kier alpha value is -2.76. The van der Waals surface area contributed by atoms with E-state index in [0.29, 0.717) is 30.0 Å². The van der Waals surface area contributed by atoms with Crippen LogP contribution >= 0.6 is 0 Å². The third-order valence-corrected chi connectivity index (χ3v) is 3.32. The Morgan fingerprint density at radius 1 is 1.32 bits per heavy atom. The summed E-state index contributed by atoms with van der Waals surface area (Å²) in [6.45, 7) is 2.13. The van der Waals surface area contributed by atoms with Crippen LogP contribution in [-0.4, -0.2) is 30.6 Å². The third kappa shape index (κ3) is 3.46. The maximum Gasteiger partial charge on any atom is 0.335 e. The van der Waals surface area contributed by atoms with Gasteiger partial charge in [0.05, 0.1) is 24.5 Å². The Morgan fingerprint density at radius 3 is 2.68 bits per heavy atom. The molecule has 2 N–H and O–H groups in total. The summed E-state index contributed by atoms with van der Waals surface area (Å²) >= 11 is 0. The SMILES string of the molecule is COc1cc(C(=O)O)ccc1CCNC(=O)c1ccoc1C. The van der Waals surface area contributed by atoms with E-state index in [9.17, 15) is 9.59 Å². The van der Waals surface area contributed by atoms with Gasteiger partial charge in [0.2, 0.25) is 0 Å². The lowest BCUT2D eigenvalue weighted by molar-refractivity contribution is 0.0696. The molecule has 6 nitrogen and oxygen atoms in total. The van der Waals surface area contributed by atoms with Crippen molar-refractivity contribution in [1.29, 1.82) is 0 Å². The van der Waals surface area contributed by atoms with Gasteiger partial charge in [0.1, 0.15) is 11.5 Å². The van der Waals surface area contributed by atoms with Gasteiger partial charge in [0.15, 0.2) is 0 Å². The first kappa shape index (κ1) is 15.6. The molecule has 0 aliphatic rings. The molecule has 0 saturated heterocycles. The number of furan rings is 1. The van der Waals surface area contributed by atoms with E-state index in [0.717, 1.165) is 5.56 Å². The summed E-state index contributed by atoms with van der Waals surface area (Å²) < 4.78 is 10.3.